The highest BCUT2D eigenvalue weighted by Gasteiger charge is 2.39. The van der Waals surface area contributed by atoms with Crippen LogP contribution in [0.15, 0.2) is 0 Å². The van der Waals surface area contributed by atoms with Crippen LogP contribution in [0.3, 0.4) is 0 Å². The minimum atomic E-state index is -0.896. The van der Waals surface area contributed by atoms with E-state index in [1.807, 2.05) is 6.92 Å². The maximum absolute atomic E-state index is 10.4. The zero-order valence-electron chi connectivity index (χ0n) is 11.1. The summed E-state index contributed by atoms with van der Waals surface area (Å²) in [6.07, 6.45) is 0. The molecular formula is C12H24N2O3. The molecule has 5 heteroatoms. The standard InChI is InChI=1S/C12H24N2O3/c1-4-13(5-2)6-7-14-9-12(3,10-14)17-8-11(15)16/h4-10H2,1-3H3,(H,15,16). The SMILES string of the molecule is CCN(CC)CCN1CC(C)(OCC(=O)O)C1. The fourth-order valence-corrected chi connectivity index (χ4v) is 2.21. The molecule has 1 heterocycles. The largest absolute Gasteiger partial charge is 0.480 e. The van der Waals surface area contributed by atoms with Gasteiger partial charge in [-0.05, 0) is 20.0 Å². The van der Waals surface area contributed by atoms with Crippen molar-refractivity contribution in [1.29, 1.82) is 0 Å². The Morgan fingerprint density at radius 1 is 1.41 bits per heavy atom. The average Bonchev–Trinajstić information content (AvgIpc) is 2.25. The first-order chi connectivity index (χ1) is 7.99. The molecule has 0 bridgehead atoms. The molecule has 5 nitrogen and oxygen atoms in total. The fourth-order valence-electron chi connectivity index (χ4n) is 2.21. The summed E-state index contributed by atoms with van der Waals surface area (Å²) in [6.45, 7) is 12.1. The number of hydrogen-bond acceptors (Lipinski definition) is 4. The van der Waals surface area contributed by atoms with E-state index < -0.39 is 5.97 Å². The van der Waals surface area contributed by atoms with E-state index in [-0.39, 0.29) is 12.2 Å². The number of aliphatic carboxylic acids is 1. The van der Waals surface area contributed by atoms with Gasteiger partial charge in [-0.15, -0.1) is 0 Å². The third kappa shape index (κ3) is 4.61. The third-order valence-electron chi connectivity index (χ3n) is 3.29. The quantitative estimate of drug-likeness (QED) is 0.674. The van der Waals surface area contributed by atoms with Crippen LogP contribution in [0.1, 0.15) is 20.8 Å². The van der Waals surface area contributed by atoms with Gasteiger partial charge in [0.1, 0.15) is 6.61 Å². The Labute approximate surface area is 103 Å². The van der Waals surface area contributed by atoms with Crippen molar-refractivity contribution in [1.82, 2.24) is 9.80 Å². The molecule has 0 radical (unpaired) electrons. The summed E-state index contributed by atoms with van der Waals surface area (Å²) in [5.74, 6) is -0.896. The molecule has 1 saturated heterocycles. The van der Waals surface area contributed by atoms with Crippen LogP contribution < -0.4 is 0 Å². The van der Waals surface area contributed by atoms with Gasteiger partial charge >= 0.3 is 5.97 Å². The van der Waals surface area contributed by atoms with Crippen LogP contribution in [0, 0.1) is 0 Å². The van der Waals surface area contributed by atoms with Crippen molar-refractivity contribution < 1.29 is 14.6 Å². The molecule has 1 aliphatic rings. The van der Waals surface area contributed by atoms with Crippen molar-refractivity contribution in [2.24, 2.45) is 0 Å². The maximum atomic E-state index is 10.4. The minimum Gasteiger partial charge on any atom is -0.480 e. The lowest BCUT2D eigenvalue weighted by Crippen LogP contribution is -2.62. The van der Waals surface area contributed by atoms with E-state index in [0.29, 0.717) is 0 Å². The first kappa shape index (κ1) is 14.4. The Morgan fingerprint density at radius 3 is 2.47 bits per heavy atom. The fraction of sp³-hybridized carbons (Fsp3) is 0.917. The van der Waals surface area contributed by atoms with E-state index in [2.05, 4.69) is 23.6 Å². The summed E-state index contributed by atoms with van der Waals surface area (Å²) in [5.41, 5.74) is -0.262. The second kappa shape index (κ2) is 6.33. The van der Waals surface area contributed by atoms with Crippen molar-refractivity contribution in [3.8, 4) is 0 Å². The van der Waals surface area contributed by atoms with Gasteiger partial charge in [0.15, 0.2) is 0 Å². The van der Waals surface area contributed by atoms with Crippen molar-refractivity contribution in [2.75, 3.05) is 45.9 Å². The molecule has 0 amide bonds. The van der Waals surface area contributed by atoms with Crippen LogP contribution in [0.4, 0.5) is 0 Å². The topological polar surface area (TPSA) is 53.0 Å². The number of rotatable bonds is 8. The van der Waals surface area contributed by atoms with E-state index in [0.717, 1.165) is 39.3 Å². The van der Waals surface area contributed by atoms with Crippen molar-refractivity contribution in [3.63, 3.8) is 0 Å². The van der Waals surface area contributed by atoms with E-state index in [1.165, 1.54) is 0 Å². The molecule has 17 heavy (non-hydrogen) atoms. The molecular weight excluding hydrogens is 220 g/mol. The molecule has 1 fully saturated rings. The Balaban J connectivity index is 2.15. The predicted molar refractivity (Wildman–Crippen MR) is 66.2 cm³/mol. The van der Waals surface area contributed by atoms with Crippen LogP contribution in [0.5, 0.6) is 0 Å². The van der Waals surface area contributed by atoms with Crippen molar-refractivity contribution in [2.45, 2.75) is 26.4 Å². The number of ether oxygens (including phenoxy) is 1. The number of hydrogen-bond donors (Lipinski definition) is 1. The number of likely N-dealkylation sites (N-methyl/N-ethyl adjacent to an activating group) is 1. The molecule has 0 unspecified atom stereocenters. The third-order valence-corrected chi connectivity index (χ3v) is 3.29. The van der Waals surface area contributed by atoms with Gasteiger partial charge in [0.2, 0.25) is 0 Å². The number of carbonyl (C=O) groups is 1. The lowest BCUT2D eigenvalue weighted by atomic mass is 9.96. The molecule has 0 saturated carbocycles. The lowest BCUT2D eigenvalue weighted by molar-refractivity contribution is -0.164. The number of likely N-dealkylation sites (tertiary alicyclic amines) is 1. The van der Waals surface area contributed by atoms with Gasteiger partial charge in [0.05, 0.1) is 5.60 Å². The first-order valence-corrected chi connectivity index (χ1v) is 6.29. The summed E-state index contributed by atoms with van der Waals surface area (Å²) in [6, 6.07) is 0. The van der Waals surface area contributed by atoms with Crippen LogP contribution in [0.2, 0.25) is 0 Å². The smallest absolute Gasteiger partial charge is 0.329 e. The molecule has 0 spiro atoms. The molecule has 0 atom stereocenters. The van der Waals surface area contributed by atoms with Crippen molar-refractivity contribution in [3.05, 3.63) is 0 Å². The van der Waals surface area contributed by atoms with Crippen LogP contribution in [0.25, 0.3) is 0 Å². The summed E-state index contributed by atoms with van der Waals surface area (Å²) in [5, 5.41) is 8.56. The highest BCUT2D eigenvalue weighted by Crippen LogP contribution is 2.24. The van der Waals surface area contributed by atoms with Gasteiger partial charge in [-0.2, -0.15) is 0 Å². The van der Waals surface area contributed by atoms with Gasteiger partial charge < -0.3 is 14.7 Å². The lowest BCUT2D eigenvalue weighted by Gasteiger charge is -2.47. The molecule has 0 aliphatic carbocycles. The second-order valence-corrected chi connectivity index (χ2v) is 4.87. The molecule has 1 aliphatic heterocycles. The summed E-state index contributed by atoms with van der Waals surface area (Å²) >= 11 is 0. The number of nitrogens with zero attached hydrogens (tertiary/aromatic N) is 2. The van der Waals surface area contributed by atoms with E-state index in [1.54, 1.807) is 0 Å². The molecule has 100 valence electrons. The van der Waals surface area contributed by atoms with Gasteiger partial charge in [0.25, 0.3) is 0 Å². The van der Waals surface area contributed by atoms with E-state index in [4.69, 9.17) is 9.84 Å². The molecule has 0 aromatic heterocycles. The van der Waals surface area contributed by atoms with Crippen LogP contribution in [-0.2, 0) is 9.53 Å². The first-order valence-electron chi connectivity index (χ1n) is 6.29. The van der Waals surface area contributed by atoms with Crippen LogP contribution in [-0.4, -0.2) is 72.4 Å². The summed E-state index contributed by atoms with van der Waals surface area (Å²) in [4.78, 5) is 15.1. The maximum Gasteiger partial charge on any atom is 0.329 e. The van der Waals surface area contributed by atoms with Crippen LogP contribution >= 0.6 is 0 Å². The average molecular weight is 244 g/mol. The van der Waals surface area contributed by atoms with Gasteiger partial charge in [-0.25, -0.2) is 4.79 Å². The Hall–Kier alpha value is -0.650. The zero-order chi connectivity index (χ0) is 12.9. The highest BCUT2D eigenvalue weighted by atomic mass is 16.5. The second-order valence-electron chi connectivity index (χ2n) is 4.87. The zero-order valence-corrected chi connectivity index (χ0v) is 11.1. The predicted octanol–water partition coefficient (Wildman–Crippen LogP) is 0.504. The minimum absolute atomic E-state index is 0.194. The molecule has 0 aromatic rings. The summed E-state index contributed by atoms with van der Waals surface area (Å²) in [7, 11) is 0. The molecule has 1 rings (SSSR count). The summed E-state index contributed by atoms with van der Waals surface area (Å²) < 4.78 is 5.36. The highest BCUT2D eigenvalue weighted by molar-refractivity contribution is 5.68. The van der Waals surface area contributed by atoms with Crippen molar-refractivity contribution >= 4 is 5.97 Å². The number of carboxylic acids is 1. The Morgan fingerprint density at radius 2 is 2.00 bits per heavy atom. The molecule has 1 N–H and O–H groups in total. The normalized spacial score (nSPS) is 19.3. The Bertz CT molecular complexity index is 248. The molecule has 0 aromatic carbocycles. The Kier molecular flexibility index (Phi) is 5.36. The van der Waals surface area contributed by atoms with E-state index >= 15 is 0 Å². The van der Waals surface area contributed by atoms with Gasteiger partial charge in [-0.1, -0.05) is 13.8 Å². The van der Waals surface area contributed by atoms with Gasteiger partial charge in [-0.3, -0.25) is 4.90 Å². The van der Waals surface area contributed by atoms with E-state index in [9.17, 15) is 4.79 Å². The van der Waals surface area contributed by atoms with Gasteiger partial charge in [0, 0.05) is 26.2 Å². The monoisotopic (exact) mass is 244 g/mol. The number of carboxylic acid groups (broad SMARTS) is 1.